The lowest BCUT2D eigenvalue weighted by Crippen LogP contribution is -2.46. The molecule has 0 saturated heterocycles. The Morgan fingerprint density at radius 1 is 1.10 bits per heavy atom. The van der Waals surface area contributed by atoms with Gasteiger partial charge in [-0.1, -0.05) is 28.1 Å². The van der Waals surface area contributed by atoms with Gasteiger partial charge in [0.05, 0.1) is 17.6 Å². The number of aliphatic carboxylic acids is 1. The standard InChI is InChI=1S/C20H19BrN4O5S/c21-15-3-7-17(8-4-15)31(29,30)24-18(12-25-10-9-22-13-25)20(28)23-16-5-1-14(2-6-16)11-19(26)27/h1-10,13,18,24H,11-12H2,(H,23,28)(H,26,27). The Morgan fingerprint density at radius 2 is 1.77 bits per heavy atom. The van der Waals surface area contributed by atoms with E-state index in [4.69, 9.17) is 5.11 Å². The Bertz CT molecular complexity index is 1150. The van der Waals surface area contributed by atoms with E-state index in [1.807, 2.05) is 0 Å². The van der Waals surface area contributed by atoms with Crippen LogP contribution in [0.4, 0.5) is 5.69 Å². The number of nitrogens with zero attached hydrogens (tertiary/aromatic N) is 2. The molecule has 0 spiro atoms. The van der Waals surface area contributed by atoms with Gasteiger partial charge in [0.15, 0.2) is 0 Å². The minimum absolute atomic E-state index is 0.0251. The second-order valence-corrected chi connectivity index (χ2v) is 9.27. The first kappa shape index (κ1) is 22.7. The van der Waals surface area contributed by atoms with Crippen molar-refractivity contribution >= 4 is 43.5 Å². The Morgan fingerprint density at radius 3 is 2.35 bits per heavy atom. The van der Waals surface area contributed by atoms with Crippen molar-refractivity contribution in [1.82, 2.24) is 14.3 Å². The van der Waals surface area contributed by atoms with Crippen molar-refractivity contribution < 1.29 is 23.1 Å². The molecule has 1 aromatic heterocycles. The van der Waals surface area contributed by atoms with Crippen LogP contribution in [-0.2, 0) is 32.6 Å². The van der Waals surface area contributed by atoms with E-state index >= 15 is 0 Å². The number of nitrogens with one attached hydrogen (secondary N) is 2. The topological polar surface area (TPSA) is 130 Å². The second-order valence-electron chi connectivity index (χ2n) is 6.64. The molecule has 11 heteroatoms. The van der Waals surface area contributed by atoms with Gasteiger partial charge >= 0.3 is 5.97 Å². The first-order valence-electron chi connectivity index (χ1n) is 9.08. The van der Waals surface area contributed by atoms with Gasteiger partial charge in [0.2, 0.25) is 15.9 Å². The van der Waals surface area contributed by atoms with Crippen LogP contribution in [0.5, 0.6) is 0 Å². The Balaban J connectivity index is 1.78. The summed E-state index contributed by atoms with van der Waals surface area (Å²) in [6, 6.07) is 11.2. The summed E-state index contributed by atoms with van der Waals surface area (Å²) in [4.78, 5) is 27.6. The van der Waals surface area contributed by atoms with E-state index in [2.05, 4.69) is 31.0 Å². The first-order chi connectivity index (χ1) is 14.7. The lowest BCUT2D eigenvalue weighted by molar-refractivity contribution is -0.136. The van der Waals surface area contributed by atoms with Gasteiger partial charge in [-0.25, -0.2) is 13.4 Å². The van der Waals surface area contributed by atoms with Gasteiger partial charge in [0.25, 0.3) is 0 Å². The van der Waals surface area contributed by atoms with E-state index in [0.717, 1.165) is 4.47 Å². The number of carboxylic acid groups (broad SMARTS) is 1. The molecule has 0 saturated carbocycles. The van der Waals surface area contributed by atoms with Crippen LogP contribution in [0.15, 0.2) is 76.6 Å². The molecule has 0 aliphatic carbocycles. The number of rotatable bonds is 9. The van der Waals surface area contributed by atoms with Gasteiger partial charge in [-0.05, 0) is 42.0 Å². The number of carboxylic acids is 1. The molecular weight excluding hydrogens is 488 g/mol. The molecule has 3 aromatic rings. The highest BCUT2D eigenvalue weighted by molar-refractivity contribution is 9.10. The molecule has 3 rings (SSSR count). The average Bonchev–Trinajstić information content (AvgIpc) is 3.22. The van der Waals surface area contributed by atoms with Crippen molar-refractivity contribution in [3.63, 3.8) is 0 Å². The van der Waals surface area contributed by atoms with Gasteiger partial charge in [-0.3, -0.25) is 9.59 Å². The van der Waals surface area contributed by atoms with Crippen molar-refractivity contribution in [2.45, 2.75) is 23.9 Å². The molecule has 9 nitrogen and oxygen atoms in total. The molecule has 0 aliphatic rings. The molecule has 162 valence electrons. The number of hydrogen-bond acceptors (Lipinski definition) is 5. The van der Waals surface area contributed by atoms with Crippen molar-refractivity contribution in [1.29, 1.82) is 0 Å². The zero-order valence-corrected chi connectivity index (χ0v) is 18.5. The quantitative estimate of drug-likeness (QED) is 0.408. The fourth-order valence-electron chi connectivity index (χ4n) is 2.76. The maximum absolute atomic E-state index is 12.9. The van der Waals surface area contributed by atoms with E-state index < -0.39 is 27.9 Å². The van der Waals surface area contributed by atoms with Crippen molar-refractivity contribution in [3.8, 4) is 0 Å². The molecule has 3 N–H and O–H groups in total. The first-order valence-corrected chi connectivity index (χ1v) is 11.4. The molecule has 0 bridgehead atoms. The van der Waals surface area contributed by atoms with Crippen LogP contribution in [0.1, 0.15) is 5.56 Å². The van der Waals surface area contributed by atoms with Gasteiger partial charge in [0, 0.05) is 29.1 Å². The Hall–Kier alpha value is -3.02. The summed E-state index contributed by atoms with van der Waals surface area (Å²) in [5, 5.41) is 11.5. The third-order valence-corrected chi connectivity index (χ3v) is 6.28. The third kappa shape index (κ3) is 6.48. The van der Waals surface area contributed by atoms with Gasteiger partial charge in [0.1, 0.15) is 6.04 Å². The highest BCUT2D eigenvalue weighted by atomic mass is 79.9. The monoisotopic (exact) mass is 506 g/mol. The molecule has 1 unspecified atom stereocenters. The van der Waals surface area contributed by atoms with Gasteiger partial charge < -0.3 is 15.0 Å². The van der Waals surface area contributed by atoms with Crippen LogP contribution in [0.25, 0.3) is 0 Å². The Labute approximate surface area is 187 Å². The highest BCUT2D eigenvalue weighted by Crippen LogP contribution is 2.16. The number of carbonyl (C=O) groups excluding carboxylic acids is 1. The van der Waals surface area contributed by atoms with Crippen LogP contribution in [0, 0.1) is 0 Å². The fraction of sp³-hybridized carbons (Fsp3) is 0.150. The molecule has 1 atom stereocenters. The molecule has 0 fully saturated rings. The van der Waals surface area contributed by atoms with Crippen LogP contribution >= 0.6 is 15.9 Å². The average molecular weight is 507 g/mol. The number of hydrogen-bond donors (Lipinski definition) is 3. The van der Waals surface area contributed by atoms with E-state index in [1.54, 1.807) is 47.2 Å². The van der Waals surface area contributed by atoms with Crippen LogP contribution in [0.2, 0.25) is 0 Å². The maximum Gasteiger partial charge on any atom is 0.307 e. The number of benzene rings is 2. The lowest BCUT2D eigenvalue weighted by Gasteiger charge is -2.19. The normalized spacial score (nSPS) is 12.3. The lowest BCUT2D eigenvalue weighted by atomic mass is 10.1. The minimum Gasteiger partial charge on any atom is -0.481 e. The summed E-state index contributed by atoms with van der Waals surface area (Å²) < 4.78 is 30.4. The number of anilines is 1. The number of carbonyl (C=O) groups is 2. The van der Waals surface area contributed by atoms with E-state index in [9.17, 15) is 18.0 Å². The number of sulfonamides is 1. The number of amides is 1. The number of imidazole rings is 1. The van der Waals surface area contributed by atoms with Crippen molar-refractivity contribution in [2.75, 3.05) is 5.32 Å². The number of halogens is 1. The molecule has 0 aliphatic heterocycles. The summed E-state index contributed by atoms with van der Waals surface area (Å²) in [5.74, 6) is -1.53. The fourth-order valence-corrected chi connectivity index (χ4v) is 4.21. The second kappa shape index (κ2) is 9.86. The van der Waals surface area contributed by atoms with Crippen molar-refractivity contribution in [3.05, 3.63) is 77.3 Å². The van der Waals surface area contributed by atoms with E-state index in [1.165, 1.54) is 24.7 Å². The molecule has 1 amide bonds. The largest absolute Gasteiger partial charge is 0.481 e. The van der Waals surface area contributed by atoms with Gasteiger partial charge in [-0.15, -0.1) is 0 Å². The minimum atomic E-state index is -3.97. The predicted octanol–water partition coefficient (Wildman–Crippen LogP) is 2.26. The van der Waals surface area contributed by atoms with E-state index in [-0.39, 0.29) is 17.9 Å². The van der Waals surface area contributed by atoms with E-state index in [0.29, 0.717) is 11.3 Å². The highest BCUT2D eigenvalue weighted by Gasteiger charge is 2.26. The molecule has 0 radical (unpaired) electrons. The summed E-state index contributed by atoms with van der Waals surface area (Å²) in [5.41, 5.74) is 0.994. The summed E-state index contributed by atoms with van der Waals surface area (Å²) >= 11 is 3.26. The van der Waals surface area contributed by atoms with Gasteiger partial charge in [-0.2, -0.15) is 4.72 Å². The summed E-state index contributed by atoms with van der Waals surface area (Å²) in [6.07, 6.45) is 4.49. The van der Waals surface area contributed by atoms with Crippen LogP contribution in [0.3, 0.4) is 0 Å². The molecule has 2 aromatic carbocycles. The smallest absolute Gasteiger partial charge is 0.307 e. The summed E-state index contributed by atoms with van der Waals surface area (Å²) in [7, 11) is -3.97. The molecule has 31 heavy (non-hydrogen) atoms. The zero-order valence-electron chi connectivity index (χ0n) is 16.1. The predicted molar refractivity (Wildman–Crippen MR) is 117 cm³/mol. The SMILES string of the molecule is O=C(O)Cc1ccc(NC(=O)C(Cn2ccnc2)NS(=O)(=O)c2ccc(Br)cc2)cc1. The summed E-state index contributed by atoms with van der Waals surface area (Å²) in [6.45, 7) is 0.0265. The zero-order chi connectivity index (χ0) is 22.4. The Kier molecular flexibility index (Phi) is 7.21. The third-order valence-electron chi connectivity index (χ3n) is 4.27. The molecular formula is C20H19BrN4O5S. The maximum atomic E-state index is 12.9. The van der Waals surface area contributed by atoms with Crippen LogP contribution in [-0.4, -0.2) is 41.0 Å². The van der Waals surface area contributed by atoms with Crippen LogP contribution < -0.4 is 10.0 Å². The van der Waals surface area contributed by atoms with Crippen molar-refractivity contribution in [2.24, 2.45) is 0 Å². The number of aromatic nitrogens is 2. The molecule has 1 heterocycles.